The van der Waals surface area contributed by atoms with E-state index in [1.807, 2.05) is 13.0 Å². The third-order valence-electron chi connectivity index (χ3n) is 3.88. The van der Waals surface area contributed by atoms with Gasteiger partial charge in [-0.3, -0.25) is 9.59 Å². The summed E-state index contributed by atoms with van der Waals surface area (Å²) < 4.78 is 24.3. The highest BCUT2D eigenvalue weighted by Crippen LogP contribution is 2.18. The first kappa shape index (κ1) is 18.1. The largest absolute Gasteiger partial charge is 0.353 e. The number of hydrogen-bond acceptors (Lipinski definition) is 5. The molecule has 0 aromatic carbocycles. The van der Waals surface area contributed by atoms with Crippen LogP contribution < -0.4 is 5.32 Å². The standard InChI is InChI=1S/C15H22N2O4S2/c1-11-3-5-14(22-11)13(18)4-6-15(19)16-12-7-9-17(10-8-12)23(2,20)21/h3,5,12H,4,6-10H2,1-2H3,(H,16,19). The topological polar surface area (TPSA) is 83.6 Å². The van der Waals surface area contributed by atoms with Gasteiger partial charge in [-0.25, -0.2) is 12.7 Å². The molecular weight excluding hydrogens is 336 g/mol. The number of sulfonamides is 1. The van der Waals surface area contributed by atoms with Crippen LogP contribution in [0.15, 0.2) is 12.1 Å². The quantitative estimate of drug-likeness (QED) is 0.782. The number of aryl methyl sites for hydroxylation is 1. The van der Waals surface area contributed by atoms with E-state index in [-0.39, 0.29) is 30.6 Å². The van der Waals surface area contributed by atoms with Crippen LogP contribution in [0.3, 0.4) is 0 Å². The minimum Gasteiger partial charge on any atom is -0.353 e. The minimum atomic E-state index is -3.15. The van der Waals surface area contributed by atoms with Crippen LogP contribution in [-0.4, -0.2) is 49.8 Å². The number of nitrogens with zero attached hydrogens (tertiary/aromatic N) is 1. The van der Waals surface area contributed by atoms with E-state index in [0.717, 1.165) is 4.88 Å². The van der Waals surface area contributed by atoms with Gasteiger partial charge in [0.05, 0.1) is 11.1 Å². The normalized spacial score (nSPS) is 17.1. The van der Waals surface area contributed by atoms with Gasteiger partial charge in [-0.15, -0.1) is 11.3 Å². The minimum absolute atomic E-state index is 0.00912. The van der Waals surface area contributed by atoms with Gasteiger partial charge in [0.1, 0.15) is 0 Å². The lowest BCUT2D eigenvalue weighted by Gasteiger charge is -2.30. The molecule has 1 aromatic heterocycles. The summed E-state index contributed by atoms with van der Waals surface area (Å²) in [7, 11) is -3.15. The number of carbonyl (C=O) groups is 2. The Morgan fingerprint density at radius 1 is 1.26 bits per heavy atom. The van der Waals surface area contributed by atoms with Gasteiger partial charge in [0.25, 0.3) is 0 Å². The smallest absolute Gasteiger partial charge is 0.220 e. The fourth-order valence-electron chi connectivity index (χ4n) is 2.57. The Hall–Kier alpha value is -1.25. The fourth-order valence-corrected chi connectivity index (χ4v) is 4.28. The number of nitrogens with one attached hydrogen (secondary N) is 1. The average molecular weight is 358 g/mol. The van der Waals surface area contributed by atoms with E-state index < -0.39 is 10.0 Å². The molecule has 0 aliphatic carbocycles. The second-order valence-electron chi connectivity index (χ2n) is 5.84. The number of piperidine rings is 1. The highest BCUT2D eigenvalue weighted by atomic mass is 32.2. The first-order valence-corrected chi connectivity index (χ1v) is 10.3. The summed E-state index contributed by atoms with van der Waals surface area (Å²) in [6.45, 7) is 2.80. The Bertz CT molecular complexity index is 673. The first-order chi connectivity index (χ1) is 10.8. The molecule has 1 aromatic rings. The lowest BCUT2D eigenvalue weighted by molar-refractivity contribution is -0.122. The number of hydrogen-bond donors (Lipinski definition) is 1. The van der Waals surface area contributed by atoms with E-state index in [0.29, 0.717) is 30.8 Å². The number of rotatable bonds is 6. The number of carbonyl (C=O) groups excluding carboxylic acids is 2. The third-order valence-corrected chi connectivity index (χ3v) is 6.23. The lowest BCUT2D eigenvalue weighted by atomic mass is 10.1. The maximum absolute atomic E-state index is 12.0. The predicted molar refractivity (Wildman–Crippen MR) is 90.2 cm³/mol. The third kappa shape index (κ3) is 5.40. The van der Waals surface area contributed by atoms with Gasteiger partial charge in [0.15, 0.2) is 5.78 Å². The highest BCUT2D eigenvalue weighted by molar-refractivity contribution is 7.88. The molecule has 8 heteroatoms. The van der Waals surface area contributed by atoms with Gasteiger partial charge in [-0.2, -0.15) is 0 Å². The summed E-state index contributed by atoms with van der Waals surface area (Å²) in [6.07, 6.45) is 2.79. The fraction of sp³-hybridized carbons (Fsp3) is 0.600. The van der Waals surface area contributed by atoms with Crippen molar-refractivity contribution in [3.63, 3.8) is 0 Å². The van der Waals surface area contributed by atoms with Gasteiger partial charge in [-0.05, 0) is 31.9 Å². The van der Waals surface area contributed by atoms with Crippen LogP contribution in [-0.2, 0) is 14.8 Å². The van der Waals surface area contributed by atoms with Crippen molar-refractivity contribution in [2.75, 3.05) is 19.3 Å². The zero-order chi connectivity index (χ0) is 17.0. The molecule has 0 bridgehead atoms. The first-order valence-electron chi connectivity index (χ1n) is 7.60. The van der Waals surface area contributed by atoms with Gasteiger partial charge in [-0.1, -0.05) is 0 Å². The summed E-state index contributed by atoms with van der Waals surface area (Å²) in [6, 6.07) is 3.67. The van der Waals surface area contributed by atoms with Crippen LogP contribution in [0.1, 0.15) is 40.2 Å². The number of amides is 1. The summed E-state index contributed by atoms with van der Waals surface area (Å²) in [4.78, 5) is 25.7. The second kappa shape index (κ2) is 7.55. The maximum Gasteiger partial charge on any atom is 0.220 e. The van der Waals surface area contributed by atoms with Crippen molar-refractivity contribution < 1.29 is 18.0 Å². The molecular formula is C15H22N2O4S2. The molecule has 0 spiro atoms. The van der Waals surface area contributed by atoms with Crippen LogP contribution in [0.4, 0.5) is 0 Å². The summed E-state index contributed by atoms with van der Waals surface area (Å²) in [5.41, 5.74) is 0. The summed E-state index contributed by atoms with van der Waals surface area (Å²) in [5, 5.41) is 2.89. The SMILES string of the molecule is Cc1ccc(C(=O)CCC(=O)NC2CCN(S(C)(=O)=O)CC2)s1. The zero-order valence-electron chi connectivity index (χ0n) is 13.4. The van der Waals surface area contributed by atoms with Crippen molar-refractivity contribution in [1.29, 1.82) is 0 Å². The molecule has 1 fully saturated rings. The van der Waals surface area contributed by atoms with E-state index in [1.165, 1.54) is 21.9 Å². The van der Waals surface area contributed by atoms with Crippen LogP contribution in [0.2, 0.25) is 0 Å². The molecule has 1 saturated heterocycles. The summed E-state index contributed by atoms with van der Waals surface area (Å²) >= 11 is 1.44. The van der Waals surface area contributed by atoms with Crippen molar-refractivity contribution >= 4 is 33.1 Å². The molecule has 2 heterocycles. The van der Waals surface area contributed by atoms with Crippen LogP contribution >= 0.6 is 11.3 Å². The second-order valence-corrected chi connectivity index (χ2v) is 9.11. The van der Waals surface area contributed by atoms with Gasteiger partial charge in [0.2, 0.25) is 15.9 Å². The number of ketones is 1. The van der Waals surface area contributed by atoms with Gasteiger partial charge in [0, 0.05) is 36.9 Å². The highest BCUT2D eigenvalue weighted by Gasteiger charge is 2.25. The van der Waals surface area contributed by atoms with E-state index in [9.17, 15) is 18.0 Å². The van der Waals surface area contributed by atoms with Gasteiger partial charge >= 0.3 is 0 Å². The lowest BCUT2D eigenvalue weighted by Crippen LogP contribution is -2.46. The van der Waals surface area contributed by atoms with E-state index in [4.69, 9.17) is 0 Å². The molecule has 2 rings (SSSR count). The number of thiophene rings is 1. The van der Waals surface area contributed by atoms with Crippen molar-refractivity contribution in [3.05, 3.63) is 21.9 Å². The molecule has 1 aliphatic rings. The van der Waals surface area contributed by atoms with E-state index in [1.54, 1.807) is 6.07 Å². The summed E-state index contributed by atoms with van der Waals surface area (Å²) in [5.74, 6) is -0.158. The monoisotopic (exact) mass is 358 g/mol. The predicted octanol–water partition coefficient (Wildman–Crippen LogP) is 1.56. The van der Waals surface area contributed by atoms with Crippen LogP contribution in [0, 0.1) is 6.92 Å². The molecule has 128 valence electrons. The van der Waals surface area contributed by atoms with Crippen molar-refractivity contribution in [3.8, 4) is 0 Å². The maximum atomic E-state index is 12.0. The average Bonchev–Trinajstić information content (AvgIpc) is 2.91. The molecule has 1 amide bonds. The molecule has 1 N–H and O–H groups in total. The Labute approximate surface area is 140 Å². The van der Waals surface area contributed by atoms with Gasteiger partial charge < -0.3 is 5.32 Å². The molecule has 6 nitrogen and oxygen atoms in total. The number of Topliss-reactive ketones (excluding diaryl/α,β-unsaturated/α-hetero) is 1. The Morgan fingerprint density at radius 2 is 1.91 bits per heavy atom. The zero-order valence-corrected chi connectivity index (χ0v) is 15.0. The molecule has 0 atom stereocenters. The molecule has 1 aliphatic heterocycles. The molecule has 0 saturated carbocycles. The van der Waals surface area contributed by atoms with Crippen molar-refractivity contribution in [2.45, 2.75) is 38.6 Å². The Morgan fingerprint density at radius 3 is 2.43 bits per heavy atom. The van der Waals surface area contributed by atoms with Crippen LogP contribution in [0.5, 0.6) is 0 Å². The van der Waals surface area contributed by atoms with E-state index in [2.05, 4.69) is 5.32 Å². The molecule has 0 unspecified atom stereocenters. The Balaban J connectivity index is 1.73. The Kier molecular flexibility index (Phi) is 5.94. The van der Waals surface area contributed by atoms with Crippen molar-refractivity contribution in [2.24, 2.45) is 0 Å². The molecule has 23 heavy (non-hydrogen) atoms. The molecule has 0 radical (unpaired) electrons. The van der Waals surface area contributed by atoms with Crippen LogP contribution in [0.25, 0.3) is 0 Å². The van der Waals surface area contributed by atoms with Crippen molar-refractivity contribution in [1.82, 2.24) is 9.62 Å². The van der Waals surface area contributed by atoms with E-state index >= 15 is 0 Å².